The van der Waals surface area contributed by atoms with E-state index in [9.17, 15) is 9.59 Å². The number of rotatable bonds is 9. The second kappa shape index (κ2) is 11.2. The molecule has 0 saturated carbocycles. The van der Waals surface area contributed by atoms with Crippen LogP contribution in [0, 0.1) is 0 Å². The molecule has 0 bridgehead atoms. The summed E-state index contributed by atoms with van der Waals surface area (Å²) in [5.74, 6) is -0.127. The molecule has 0 aliphatic heterocycles. The maximum atomic E-state index is 12.9. The van der Waals surface area contributed by atoms with Gasteiger partial charge in [-0.05, 0) is 58.8 Å². The summed E-state index contributed by atoms with van der Waals surface area (Å²) >= 11 is 0. The Kier molecular flexibility index (Phi) is 9.63. The summed E-state index contributed by atoms with van der Waals surface area (Å²) in [6.45, 7) is 16.5. The Bertz CT molecular complexity index is 646. The summed E-state index contributed by atoms with van der Waals surface area (Å²) in [6, 6.07) is 7.62. The second-order valence-corrected chi connectivity index (χ2v) is 8.72. The number of nitrogens with zero attached hydrogens (tertiary/aromatic N) is 2. The van der Waals surface area contributed by atoms with Crippen LogP contribution in [0.25, 0.3) is 0 Å². The third-order valence-corrected chi connectivity index (χ3v) is 4.87. The number of amides is 2. The average molecular weight is 406 g/mol. The van der Waals surface area contributed by atoms with E-state index in [1.54, 1.807) is 32.7 Å². The Morgan fingerprint density at radius 2 is 1.55 bits per heavy atom. The minimum absolute atomic E-state index is 0.0434. The summed E-state index contributed by atoms with van der Waals surface area (Å²) in [5, 5.41) is 2.76. The van der Waals surface area contributed by atoms with Gasteiger partial charge in [-0.25, -0.2) is 4.79 Å². The van der Waals surface area contributed by atoms with Gasteiger partial charge in [0.15, 0.2) is 0 Å². The van der Waals surface area contributed by atoms with Crippen molar-refractivity contribution >= 4 is 12.0 Å². The van der Waals surface area contributed by atoms with Gasteiger partial charge in [-0.2, -0.15) is 0 Å². The van der Waals surface area contributed by atoms with Gasteiger partial charge in [0.25, 0.3) is 0 Å². The number of alkyl carbamates (subject to hydrolysis) is 1. The molecule has 1 aromatic rings. The molecule has 6 heteroatoms. The van der Waals surface area contributed by atoms with Crippen LogP contribution in [0.5, 0.6) is 0 Å². The number of ether oxygens (including phenoxy) is 1. The molecule has 29 heavy (non-hydrogen) atoms. The fourth-order valence-electron chi connectivity index (χ4n) is 2.87. The Morgan fingerprint density at radius 1 is 1.03 bits per heavy atom. The molecule has 0 spiro atoms. The van der Waals surface area contributed by atoms with Crippen LogP contribution < -0.4 is 5.32 Å². The molecule has 0 saturated heterocycles. The van der Waals surface area contributed by atoms with Crippen LogP contribution in [0.4, 0.5) is 4.79 Å². The maximum Gasteiger partial charge on any atom is 0.408 e. The highest BCUT2D eigenvalue weighted by Crippen LogP contribution is 2.13. The van der Waals surface area contributed by atoms with Crippen LogP contribution in [0.15, 0.2) is 24.3 Å². The molecule has 1 rings (SSSR count). The van der Waals surface area contributed by atoms with Crippen molar-refractivity contribution in [3.05, 3.63) is 35.4 Å². The molecule has 1 aromatic carbocycles. The van der Waals surface area contributed by atoms with Crippen molar-refractivity contribution in [2.24, 2.45) is 0 Å². The molecule has 0 radical (unpaired) electrons. The lowest BCUT2D eigenvalue weighted by molar-refractivity contribution is -0.133. The van der Waals surface area contributed by atoms with Crippen LogP contribution in [0.2, 0.25) is 0 Å². The SMILES string of the molecule is CCN(CC)Cc1ccc(CC(NC(=O)OC(C)(C)C)C(=O)N(C)C(C)C)cc1. The third-order valence-electron chi connectivity index (χ3n) is 4.87. The van der Waals surface area contributed by atoms with Crippen LogP contribution in [0.1, 0.15) is 59.6 Å². The molecular formula is C23H39N3O3. The molecule has 2 amide bonds. The Morgan fingerprint density at radius 3 is 2.00 bits per heavy atom. The number of carbonyl (C=O) groups is 2. The van der Waals surface area contributed by atoms with Gasteiger partial charge in [0.05, 0.1) is 0 Å². The first-order chi connectivity index (χ1) is 13.5. The molecule has 6 nitrogen and oxygen atoms in total. The second-order valence-electron chi connectivity index (χ2n) is 8.72. The lowest BCUT2D eigenvalue weighted by Crippen LogP contribution is -2.51. The molecule has 164 valence electrons. The fraction of sp³-hybridized carbons (Fsp3) is 0.652. The van der Waals surface area contributed by atoms with E-state index in [2.05, 4.69) is 36.2 Å². The molecule has 1 atom stereocenters. The molecule has 1 N–H and O–H groups in total. The molecule has 1 unspecified atom stereocenters. The average Bonchev–Trinajstić information content (AvgIpc) is 2.64. The zero-order valence-electron chi connectivity index (χ0n) is 19.4. The molecule has 0 fully saturated rings. The highest BCUT2D eigenvalue weighted by molar-refractivity contribution is 5.86. The van der Waals surface area contributed by atoms with E-state index in [4.69, 9.17) is 4.74 Å². The summed E-state index contributed by atoms with van der Waals surface area (Å²) in [5.41, 5.74) is 1.62. The summed E-state index contributed by atoms with van der Waals surface area (Å²) < 4.78 is 5.36. The Labute approximate surface area is 176 Å². The fourth-order valence-corrected chi connectivity index (χ4v) is 2.87. The van der Waals surface area contributed by atoms with Crippen molar-refractivity contribution in [2.45, 2.75) is 79.1 Å². The van der Waals surface area contributed by atoms with Crippen molar-refractivity contribution in [3.63, 3.8) is 0 Å². The van der Waals surface area contributed by atoms with Crippen molar-refractivity contribution < 1.29 is 14.3 Å². The summed E-state index contributed by atoms with van der Waals surface area (Å²) in [4.78, 5) is 29.2. The topological polar surface area (TPSA) is 61.9 Å². The first-order valence-electron chi connectivity index (χ1n) is 10.5. The van der Waals surface area contributed by atoms with E-state index >= 15 is 0 Å². The number of carbonyl (C=O) groups excluding carboxylic acids is 2. The van der Waals surface area contributed by atoms with E-state index in [1.165, 1.54) is 5.56 Å². The van der Waals surface area contributed by atoms with Crippen molar-refractivity contribution in [1.82, 2.24) is 15.1 Å². The van der Waals surface area contributed by atoms with Gasteiger partial charge in [0, 0.05) is 26.1 Å². The highest BCUT2D eigenvalue weighted by Gasteiger charge is 2.27. The van der Waals surface area contributed by atoms with Gasteiger partial charge in [-0.1, -0.05) is 38.1 Å². The predicted octanol–water partition coefficient (Wildman–Crippen LogP) is 3.83. The van der Waals surface area contributed by atoms with Crippen LogP contribution >= 0.6 is 0 Å². The number of hydrogen-bond acceptors (Lipinski definition) is 4. The van der Waals surface area contributed by atoms with Crippen LogP contribution in [0.3, 0.4) is 0 Å². The van der Waals surface area contributed by atoms with Crippen LogP contribution in [-0.4, -0.2) is 59.6 Å². The first-order valence-corrected chi connectivity index (χ1v) is 10.5. The zero-order valence-corrected chi connectivity index (χ0v) is 19.4. The monoisotopic (exact) mass is 405 g/mol. The number of hydrogen-bond donors (Lipinski definition) is 1. The zero-order chi connectivity index (χ0) is 22.2. The van der Waals surface area contributed by atoms with Gasteiger partial charge < -0.3 is 15.0 Å². The largest absolute Gasteiger partial charge is 0.444 e. The summed E-state index contributed by atoms with van der Waals surface area (Å²) in [6.07, 6.45) is -0.160. The minimum Gasteiger partial charge on any atom is -0.444 e. The number of likely N-dealkylation sites (N-methyl/N-ethyl adjacent to an activating group) is 1. The molecule has 0 aliphatic rings. The van der Waals surface area contributed by atoms with E-state index in [0.717, 1.165) is 25.2 Å². The van der Waals surface area contributed by atoms with Crippen molar-refractivity contribution in [1.29, 1.82) is 0 Å². The Balaban J connectivity index is 2.93. The maximum absolute atomic E-state index is 12.9. The molecule has 0 aromatic heterocycles. The van der Waals surface area contributed by atoms with Crippen molar-refractivity contribution in [2.75, 3.05) is 20.1 Å². The van der Waals surface area contributed by atoms with E-state index < -0.39 is 17.7 Å². The minimum atomic E-state index is -0.675. The molecule has 0 aliphatic carbocycles. The van der Waals surface area contributed by atoms with Gasteiger partial charge in [0.1, 0.15) is 11.6 Å². The van der Waals surface area contributed by atoms with Crippen LogP contribution in [-0.2, 0) is 22.5 Å². The highest BCUT2D eigenvalue weighted by atomic mass is 16.6. The predicted molar refractivity (Wildman–Crippen MR) is 118 cm³/mol. The lowest BCUT2D eigenvalue weighted by Gasteiger charge is -2.28. The van der Waals surface area contributed by atoms with E-state index in [1.807, 2.05) is 26.0 Å². The van der Waals surface area contributed by atoms with Gasteiger partial charge >= 0.3 is 6.09 Å². The van der Waals surface area contributed by atoms with Gasteiger partial charge in [-0.15, -0.1) is 0 Å². The quantitative estimate of drug-likeness (QED) is 0.678. The normalized spacial score (nSPS) is 12.8. The lowest BCUT2D eigenvalue weighted by atomic mass is 10.0. The molecular weight excluding hydrogens is 366 g/mol. The summed E-state index contributed by atoms with van der Waals surface area (Å²) in [7, 11) is 1.75. The smallest absolute Gasteiger partial charge is 0.408 e. The van der Waals surface area contributed by atoms with Gasteiger partial charge in [-0.3, -0.25) is 9.69 Å². The first kappa shape index (κ1) is 25.0. The standard InChI is InChI=1S/C23H39N3O3/c1-9-26(10-2)16-19-13-11-18(12-14-19)15-20(21(27)25(8)17(3)4)24-22(28)29-23(5,6)7/h11-14,17,20H,9-10,15-16H2,1-8H3,(H,24,28). The van der Waals surface area contributed by atoms with E-state index in [-0.39, 0.29) is 11.9 Å². The number of nitrogens with one attached hydrogen (secondary N) is 1. The van der Waals surface area contributed by atoms with Crippen molar-refractivity contribution in [3.8, 4) is 0 Å². The molecule has 0 heterocycles. The number of benzene rings is 1. The third kappa shape index (κ3) is 8.86. The van der Waals surface area contributed by atoms with E-state index in [0.29, 0.717) is 6.42 Å². The Hall–Kier alpha value is -2.08. The van der Waals surface area contributed by atoms with Gasteiger partial charge in [0.2, 0.25) is 5.91 Å².